The molecule has 0 fully saturated rings. The van der Waals surface area contributed by atoms with Crippen LogP contribution in [0.5, 0.6) is 11.5 Å². The van der Waals surface area contributed by atoms with E-state index in [1.807, 2.05) is 32.0 Å². The van der Waals surface area contributed by atoms with E-state index in [9.17, 15) is 9.59 Å². The van der Waals surface area contributed by atoms with Crippen LogP contribution in [-0.4, -0.2) is 29.9 Å². The van der Waals surface area contributed by atoms with Gasteiger partial charge in [-0.3, -0.25) is 9.59 Å². The molecule has 3 aromatic rings. The van der Waals surface area contributed by atoms with Crippen LogP contribution in [-0.2, 0) is 17.8 Å². The van der Waals surface area contributed by atoms with Gasteiger partial charge >= 0.3 is 0 Å². The molecular weight excluding hydrogens is 370 g/mol. The van der Waals surface area contributed by atoms with Crippen LogP contribution in [0.15, 0.2) is 47.3 Å². The lowest BCUT2D eigenvalue weighted by atomic mass is 10.1. The van der Waals surface area contributed by atoms with E-state index in [1.54, 1.807) is 31.4 Å². The van der Waals surface area contributed by atoms with Crippen molar-refractivity contribution in [1.29, 1.82) is 0 Å². The van der Waals surface area contributed by atoms with E-state index in [0.717, 1.165) is 0 Å². The third-order valence-electron chi connectivity index (χ3n) is 4.49. The summed E-state index contributed by atoms with van der Waals surface area (Å²) in [5.74, 6) is 1.14. The van der Waals surface area contributed by atoms with Gasteiger partial charge in [0.25, 0.3) is 5.56 Å². The Morgan fingerprint density at radius 1 is 1.10 bits per heavy atom. The maximum absolute atomic E-state index is 12.7. The van der Waals surface area contributed by atoms with Gasteiger partial charge in [0.2, 0.25) is 5.91 Å². The number of methoxy groups -OCH3 is 2. The Bertz CT molecular complexity index is 1090. The van der Waals surface area contributed by atoms with Crippen molar-refractivity contribution in [3.8, 4) is 11.5 Å². The van der Waals surface area contributed by atoms with E-state index in [-0.39, 0.29) is 23.8 Å². The van der Waals surface area contributed by atoms with Gasteiger partial charge < -0.3 is 14.8 Å². The molecule has 1 aromatic heterocycles. The Hall–Kier alpha value is -3.35. The number of nitrogens with one attached hydrogen (secondary N) is 1. The molecule has 1 N–H and O–H groups in total. The zero-order valence-electron chi connectivity index (χ0n) is 17.1. The van der Waals surface area contributed by atoms with E-state index in [1.165, 1.54) is 11.8 Å². The van der Waals surface area contributed by atoms with Crippen LogP contribution in [0.25, 0.3) is 10.8 Å². The summed E-state index contributed by atoms with van der Waals surface area (Å²) < 4.78 is 12.0. The second-order valence-corrected chi connectivity index (χ2v) is 7.16. The van der Waals surface area contributed by atoms with Crippen molar-refractivity contribution in [2.24, 2.45) is 5.92 Å². The third kappa shape index (κ3) is 4.56. The van der Waals surface area contributed by atoms with Crippen LogP contribution >= 0.6 is 0 Å². The van der Waals surface area contributed by atoms with Gasteiger partial charge in [0.1, 0.15) is 11.5 Å². The minimum absolute atomic E-state index is 0.0358. The Morgan fingerprint density at radius 3 is 2.48 bits per heavy atom. The highest BCUT2D eigenvalue weighted by atomic mass is 16.5. The first-order valence-electron chi connectivity index (χ1n) is 9.43. The van der Waals surface area contributed by atoms with Gasteiger partial charge in [-0.15, -0.1) is 0 Å². The molecule has 0 aliphatic heterocycles. The maximum atomic E-state index is 12.7. The normalized spacial score (nSPS) is 10.9. The SMILES string of the molecule is COc1ccc(NC(=O)Cc2nn(CC(C)C)c(=O)c3ccccc23)c(OC)c1. The zero-order chi connectivity index (χ0) is 21.0. The lowest BCUT2D eigenvalue weighted by molar-refractivity contribution is -0.115. The highest BCUT2D eigenvalue weighted by molar-refractivity contribution is 5.96. The lowest BCUT2D eigenvalue weighted by Gasteiger charge is -2.14. The number of fused-ring (bicyclic) bond motifs is 1. The van der Waals surface area contributed by atoms with Crippen molar-refractivity contribution in [2.45, 2.75) is 26.8 Å². The van der Waals surface area contributed by atoms with Gasteiger partial charge in [0, 0.05) is 18.0 Å². The fourth-order valence-electron chi connectivity index (χ4n) is 3.15. The lowest BCUT2D eigenvalue weighted by Crippen LogP contribution is -2.28. The van der Waals surface area contributed by atoms with Crippen molar-refractivity contribution in [2.75, 3.05) is 19.5 Å². The molecule has 7 nitrogen and oxygen atoms in total. The van der Waals surface area contributed by atoms with Crippen molar-refractivity contribution in [1.82, 2.24) is 9.78 Å². The highest BCUT2D eigenvalue weighted by Crippen LogP contribution is 2.29. The molecule has 0 bridgehead atoms. The van der Waals surface area contributed by atoms with Crippen LogP contribution in [0.1, 0.15) is 19.5 Å². The number of carbonyl (C=O) groups is 1. The summed E-state index contributed by atoms with van der Waals surface area (Å²) in [5, 5.41) is 8.59. The summed E-state index contributed by atoms with van der Waals surface area (Å²) in [6.07, 6.45) is 0.0358. The quantitative estimate of drug-likeness (QED) is 0.664. The summed E-state index contributed by atoms with van der Waals surface area (Å²) in [4.78, 5) is 25.4. The number of nitrogens with zero attached hydrogens (tertiary/aromatic N) is 2. The van der Waals surface area contributed by atoms with Crippen molar-refractivity contribution < 1.29 is 14.3 Å². The smallest absolute Gasteiger partial charge is 0.274 e. The molecular formula is C22H25N3O4. The number of rotatable bonds is 7. The van der Waals surface area contributed by atoms with E-state index < -0.39 is 0 Å². The molecule has 29 heavy (non-hydrogen) atoms. The molecule has 1 heterocycles. The highest BCUT2D eigenvalue weighted by Gasteiger charge is 2.15. The topological polar surface area (TPSA) is 82.5 Å². The summed E-state index contributed by atoms with van der Waals surface area (Å²) in [5.41, 5.74) is 0.958. The van der Waals surface area contributed by atoms with Crippen molar-refractivity contribution in [3.63, 3.8) is 0 Å². The number of anilines is 1. The molecule has 1 amide bonds. The Balaban J connectivity index is 1.92. The van der Waals surface area contributed by atoms with Gasteiger partial charge in [-0.2, -0.15) is 5.10 Å². The van der Waals surface area contributed by atoms with Crippen molar-refractivity contribution in [3.05, 3.63) is 58.5 Å². The first-order chi connectivity index (χ1) is 13.9. The molecule has 0 unspecified atom stereocenters. The fraction of sp³-hybridized carbons (Fsp3) is 0.318. The molecule has 0 atom stereocenters. The van der Waals surface area contributed by atoms with Crippen LogP contribution in [0.3, 0.4) is 0 Å². The molecule has 0 spiro atoms. The second-order valence-electron chi connectivity index (χ2n) is 7.16. The molecule has 2 aromatic carbocycles. The van der Waals surface area contributed by atoms with Gasteiger partial charge in [0.05, 0.1) is 37.4 Å². The Morgan fingerprint density at radius 2 is 1.83 bits per heavy atom. The van der Waals surface area contributed by atoms with E-state index in [4.69, 9.17) is 9.47 Å². The molecule has 0 radical (unpaired) electrons. The number of hydrogen-bond acceptors (Lipinski definition) is 5. The number of amides is 1. The van der Waals surface area contributed by atoms with Crippen LogP contribution in [0.2, 0.25) is 0 Å². The average Bonchev–Trinajstić information content (AvgIpc) is 2.71. The summed E-state index contributed by atoms with van der Waals surface area (Å²) in [6, 6.07) is 12.4. The molecule has 7 heteroatoms. The maximum Gasteiger partial charge on any atom is 0.274 e. The first kappa shape index (κ1) is 20.4. The van der Waals surface area contributed by atoms with Crippen LogP contribution < -0.4 is 20.3 Å². The van der Waals surface area contributed by atoms with Gasteiger partial charge in [-0.1, -0.05) is 32.0 Å². The number of benzene rings is 2. The van der Waals surface area contributed by atoms with E-state index >= 15 is 0 Å². The first-order valence-corrected chi connectivity index (χ1v) is 9.43. The van der Waals surface area contributed by atoms with Crippen molar-refractivity contribution >= 4 is 22.4 Å². The number of hydrogen-bond donors (Lipinski definition) is 1. The zero-order valence-corrected chi connectivity index (χ0v) is 17.1. The van der Waals surface area contributed by atoms with Crippen LogP contribution in [0.4, 0.5) is 5.69 Å². The summed E-state index contributed by atoms with van der Waals surface area (Å²) in [6.45, 7) is 4.53. The third-order valence-corrected chi connectivity index (χ3v) is 4.49. The number of aromatic nitrogens is 2. The Kier molecular flexibility index (Phi) is 6.16. The minimum atomic E-state index is -0.249. The predicted molar refractivity (Wildman–Crippen MR) is 113 cm³/mol. The summed E-state index contributed by atoms with van der Waals surface area (Å²) >= 11 is 0. The van der Waals surface area contributed by atoms with Gasteiger partial charge in [0.15, 0.2) is 0 Å². The van der Waals surface area contributed by atoms with Crippen LogP contribution in [0, 0.1) is 5.92 Å². The molecule has 0 aliphatic carbocycles. The second kappa shape index (κ2) is 8.77. The molecule has 152 valence electrons. The predicted octanol–water partition coefficient (Wildman–Crippen LogP) is 3.25. The number of carbonyl (C=O) groups excluding carboxylic acids is 1. The standard InChI is InChI=1S/C22H25N3O4/c1-14(2)13-25-22(27)17-8-6-5-7-16(17)19(24-25)12-21(26)23-18-10-9-15(28-3)11-20(18)29-4/h5-11,14H,12-13H2,1-4H3,(H,23,26). The largest absolute Gasteiger partial charge is 0.497 e. The molecule has 0 saturated carbocycles. The van der Waals surface area contributed by atoms with E-state index in [0.29, 0.717) is 40.2 Å². The van der Waals surface area contributed by atoms with Gasteiger partial charge in [-0.05, 0) is 24.1 Å². The fourth-order valence-corrected chi connectivity index (χ4v) is 3.15. The number of ether oxygens (including phenoxy) is 2. The monoisotopic (exact) mass is 395 g/mol. The minimum Gasteiger partial charge on any atom is -0.497 e. The molecule has 0 saturated heterocycles. The molecule has 0 aliphatic rings. The van der Waals surface area contributed by atoms with E-state index in [2.05, 4.69) is 10.4 Å². The molecule has 3 rings (SSSR count). The Labute approximate surface area is 169 Å². The van der Waals surface area contributed by atoms with Gasteiger partial charge in [-0.25, -0.2) is 4.68 Å². The summed E-state index contributed by atoms with van der Waals surface area (Å²) in [7, 11) is 3.09. The average molecular weight is 395 g/mol.